The topological polar surface area (TPSA) is 63.4 Å². The van der Waals surface area contributed by atoms with Gasteiger partial charge in [-0.3, -0.25) is 10.1 Å². The molecule has 0 fully saturated rings. The molecule has 0 aliphatic carbocycles. The maximum absolute atomic E-state index is 13.1. The Bertz CT molecular complexity index is 1300. The molecule has 0 spiro atoms. The standard InChI is InChI=1S/C27H25F3N2O3/c1-34-22-9-5-6-18(13-22)14-25(32-16-19-7-4-8-21(12-19)27(28,29)30)35-26(33)15-20-17-31-24-11-3-2-10-23(20)24/h2-13,17,25,31-32H,14-16H2,1H3. The zero-order chi connectivity index (χ0) is 24.8. The largest absolute Gasteiger partial charge is 0.497 e. The number of H-pyrrole nitrogens is 1. The van der Waals surface area contributed by atoms with E-state index in [1.54, 1.807) is 25.4 Å². The van der Waals surface area contributed by atoms with Crippen LogP contribution >= 0.6 is 0 Å². The van der Waals surface area contributed by atoms with Crippen LogP contribution in [0.4, 0.5) is 13.2 Å². The summed E-state index contributed by atoms with van der Waals surface area (Å²) < 4.78 is 50.3. The number of fused-ring (bicyclic) bond motifs is 1. The molecule has 0 bridgehead atoms. The van der Waals surface area contributed by atoms with E-state index in [1.165, 1.54) is 6.07 Å². The predicted molar refractivity (Wildman–Crippen MR) is 127 cm³/mol. The van der Waals surface area contributed by atoms with Crippen molar-refractivity contribution in [2.24, 2.45) is 0 Å². The van der Waals surface area contributed by atoms with Crippen LogP contribution in [0.2, 0.25) is 0 Å². The first-order valence-corrected chi connectivity index (χ1v) is 11.1. The van der Waals surface area contributed by atoms with Crippen LogP contribution in [-0.4, -0.2) is 24.3 Å². The molecular weight excluding hydrogens is 457 g/mol. The molecule has 0 aliphatic heterocycles. The lowest BCUT2D eigenvalue weighted by atomic mass is 10.1. The van der Waals surface area contributed by atoms with Crippen molar-refractivity contribution < 1.29 is 27.4 Å². The van der Waals surface area contributed by atoms with E-state index in [4.69, 9.17) is 9.47 Å². The number of hydrogen-bond acceptors (Lipinski definition) is 4. The molecular formula is C27H25F3N2O3. The molecule has 1 heterocycles. The zero-order valence-electron chi connectivity index (χ0n) is 19.1. The molecule has 5 nitrogen and oxygen atoms in total. The Labute approximate surface area is 200 Å². The summed E-state index contributed by atoms with van der Waals surface area (Å²) in [6, 6.07) is 20.0. The van der Waals surface area contributed by atoms with Crippen LogP contribution in [0.1, 0.15) is 22.3 Å². The van der Waals surface area contributed by atoms with Crippen LogP contribution in [0.5, 0.6) is 5.75 Å². The van der Waals surface area contributed by atoms with Crippen LogP contribution in [0.3, 0.4) is 0 Å². The number of ether oxygens (including phenoxy) is 2. The van der Waals surface area contributed by atoms with Gasteiger partial charge in [0.05, 0.1) is 19.1 Å². The summed E-state index contributed by atoms with van der Waals surface area (Å²) in [6.07, 6.45) is -3.03. The van der Waals surface area contributed by atoms with Crippen molar-refractivity contribution in [2.45, 2.75) is 31.8 Å². The van der Waals surface area contributed by atoms with Crippen LogP contribution in [0.25, 0.3) is 10.9 Å². The number of carbonyl (C=O) groups is 1. The number of methoxy groups -OCH3 is 1. The number of halogens is 3. The van der Waals surface area contributed by atoms with Gasteiger partial charge in [0.1, 0.15) is 5.75 Å². The molecule has 3 aromatic carbocycles. The van der Waals surface area contributed by atoms with Gasteiger partial charge in [0.15, 0.2) is 6.23 Å². The van der Waals surface area contributed by atoms with E-state index in [-0.39, 0.29) is 13.0 Å². The number of para-hydroxylation sites is 1. The normalized spacial score (nSPS) is 12.5. The van der Waals surface area contributed by atoms with Gasteiger partial charge in [-0.05, 0) is 41.0 Å². The summed E-state index contributed by atoms with van der Waals surface area (Å²) in [4.78, 5) is 16.0. The van der Waals surface area contributed by atoms with Crippen molar-refractivity contribution in [3.05, 3.63) is 101 Å². The van der Waals surface area contributed by atoms with Crippen molar-refractivity contribution >= 4 is 16.9 Å². The minimum absolute atomic E-state index is 0.0594. The van der Waals surface area contributed by atoms with Crippen molar-refractivity contribution in [3.8, 4) is 5.75 Å². The third-order valence-corrected chi connectivity index (χ3v) is 5.63. The van der Waals surface area contributed by atoms with Gasteiger partial charge in [0, 0.05) is 30.1 Å². The van der Waals surface area contributed by atoms with Crippen molar-refractivity contribution in [1.29, 1.82) is 0 Å². The monoisotopic (exact) mass is 482 g/mol. The fourth-order valence-electron chi connectivity index (χ4n) is 3.89. The number of benzene rings is 3. The Hall–Kier alpha value is -3.78. The highest BCUT2D eigenvalue weighted by Crippen LogP contribution is 2.29. The first kappa shape index (κ1) is 24.3. The van der Waals surface area contributed by atoms with E-state index in [1.807, 2.05) is 42.5 Å². The summed E-state index contributed by atoms with van der Waals surface area (Å²) in [5, 5.41) is 4.03. The average Bonchev–Trinajstić information content (AvgIpc) is 3.25. The number of aromatic nitrogens is 1. The molecule has 2 N–H and O–H groups in total. The third kappa shape index (κ3) is 6.42. The molecule has 0 saturated carbocycles. The number of esters is 1. The Kier molecular flexibility index (Phi) is 7.41. The van der Waals surface area contributed by atoms with Gasteiger partial charge >= 0.3 is 12.1 Å². The van der Waals surface area contributed by atoms with Gasteiger partial charge in [-0.25, -0.2) is 0 Å². The molecule has 8 heteroatoms. The van der Waals surface area contributed by atoms with Crippen LogP contribution < -0.4 is 10.1 Å². The highest BCUT2D eigenvalue weighted by Gasteiger charge is 2.30. The number of carbonyl (C=O) groups excluding carboxylic acids is 1. The Balaban J connectivity index is 1.48. The minimum Gasteiger partial charge on any atom is -0.497 e. The molecule has 4 rings (SSSR count). The number of alkyl halides is 3. The van der Waals surface area contributed by atoms with E-state index in [9.17, 15) is 18.0 Å². The summed E-state index contributed by atoms with van der Waals surface area (Å²) in [5.74, 6) is 0.212. The van der Waals surface area contributed by atoms with E-state index in [0.717, 1.165) is 34.2 Å². The maximum atomic E-state index is 13.1. The molecule has 182 valence electrons. The summed E-state index contributed by atoms with van der Waals surface area (Å²) in [7, 11) is 1.56. The van der Waals surface area contributed by atoms with Gasteiger partial charge in [-0.15, -0.1) is 0 Å². The highest BCUT2D eigenvalue weighted by atomic mass is 19.4. The lowest BCUT2D eigenvalue weighted by Crippen LogP contribution is -2.36. The number of aromatic amines is 1. The Morgan fingerprint density at radius 2 is 1.77 bits per heavy atom. The highest BCUT2D eigenvalue weighted by molar-refractivity contribution is 5.87. The lowest BCUT2D eigenvalue weighted by Gasteiger charge is -2.20. The van der Waals surface area contributed by atoms with Gasteiger partial charge in [-0.2, -0.15) is 13.2 Å². The van der Waals surface area contributed by atoms with Crippen LogP contribution in [-0.2, 0) is 35.1 Å². The predicted octanol–water partition coefficient (Wildman–Crippen LogP) is 5.64. The van der Waals surface area contributed by atoms with E-state index in [2.05, 4.69) is 10.3 Å². The van der Waals surface area contributed by atoms with E-state index < -0.39 is 23.9 Å². The van der Waals surface area contributed by atoms with E-state index in [0.29, 0.717) is 17.7 Å². The summed E-state index contributed by atoms with van der Waals surface area (Å²) in [5.41, 5.74) is 2.29. The lowest BCUT2D eigenvalue weighted by molar-refractivity contribution is -0.149. The fourth-order valence-corrected chi connectivity index (χ4v) is 3.89. The fraction of sp³-hybridized carbons (Fsp3) is 0.222. The molecule has 1 aromatic heterocycles. The Morgan fingerprint density at radius 1 is 1.00 bits per heavy atom. The maximum Gasteiger partial charge on any atom is 0.416 e. The SMILES string of the molecule is COc1cccc(CC(NCc2cccc(C(F)(F)F)c2)OC(=O)Cc2c[nH]c3ccccc23)c1. The summed E-state index contributed by atoms with van der Waals surface area (Å²) in [6.45, 7) is 0.0962. The van der Waals surface area contributed by atoms with Gasteiger partial charge in [-0.1, -0.05) is 48.5 Å². The number of hydrogen-bond donors (Lipinski definition) is 2. The van der Waals surface area contributed by atoms with Gasteiger partial charge in [0.2, 0.25) is 0 Å². The first-order chi connectivity index (χ1) is 16.8. The second kappa shape index (κ2) is 10.7. The second-order valence-corrected chi connectivity index (χ2v) is 8.15. The van der Waals surface area contributed by atoms with E-state index >= 15 is 0 Å². The van der Waals surface area contributed by atoms with Crippen molar-refractivity contribution in [1.82, 2.24) is 10.3 Å². The quantitative estimate of drug-likeness (QED) is 0.239. The molecule has 1 atom stereocenters. The number of rotatable bonds is 9. The van der Waals surface area contributed by atoms with Crippen LogP contribution in [0.15, 0.2) is 79.0 Å². The zero-order valence-corrected chi connectivity index (χ0v) is 19.1. The molecule has 0 aliphatic rings. The van der Waals surface area contributed by atoms with Crippen molar-refractivity contribution in [2.75, 3.05) is 7.11 Å². The summed E-state index contributed by atoms with van der Waals surface area (Å²) >= 11 is 0. The van der Waals surface area contributed by atoms with Crippen molar-refractivity contribution in [3.63, 3.8) is 0 Å². The molecule has 0 amide bonds. The molecule has 1 unspecified atom stereocenters. The number of nitrogens with one attached hydrogen (secondary N) is 2. The average molecular weight is 483 g/mol. The van der Waals surface area contributed by atoms with Gasteiger partial charge < -0.3 is 14.5 Å². The molecule has 0 radical (unpaired) electrons. The molecule has 4 aromatic rings. The molecule has 0 saturated heterocycles. The van der Waals surface area contributed by atoms with Gasteiger partial charge in [0.25, 0.3) is 0 Å². The Morgan fingerprint density at radius 3 is 2.57 bits per heavy atom. The third-order valence-electron chi connectivity index (χ3n) is 5.63. The molecule has 35 heavy (non-hydrogen) atoms. The minimum atomic E-state index is -4.43. The second-order valence-electron chi connectivity index (χ2n) is 8.15. The smallest absolute Gasteiger partial charge is 0.416 e. The van der Waals surface area contributed by atoms with Crippen LogP contribution in [0, 0.1) is 0 Å². The first-order valence-electron chi connectivity index (χ1n) is 11.1.